The third-order valence-electron chi connectivity index (χ3n) is 3.25. The fourth-order valence-corrected chi connectivity index (χ4v) is 2.33. The maximum absolute atomic E-state index is 9.98. The molecule has 2 N–H and O–H groups in total. The van der Waals surface area contributed by atoms with Crippen LogP contribution in [0, 0.1) is 6.92 Å². The standard InChI is InChI=1S/C15H14ClNO3/c1-9-3-2-4-10(15(9)18)7-17-12-6-14-13(5-11(12)16)19-8-20-14/h2-6,17-18H,7-8H2,1H3. The van der Waals surface area contributed by atoms with E-state index < -0.39 is 0 Å². The smallest absolute Gasteiger partial charge is 0.231 e. The number of benzene rings is 2. The zero-order chi connectivity index (χ0) is 14.1. The first-order chi connectivity index (χ1) is 9.65. The normalized spacial score (nSPS) is 12.5. The largest absolute Gasteiger partial charge is 0.507 e. The minimum absolute atomic E-state index is 0.216. The highest BCUT2D eigenvalue weighted by molar-refractivity contribution is 6.33. The molecule has 4 nitrogen and oxygen atoms in total. The molecule has 5 heteroatoms. The molecule has 1 aliphatic rings. The Morgan fingerprint density at radius 2 is 2.00 bits per heavy atom. The molecular formula is C15H14ClNO3. The molecule has 0 atom stereocenters. The predicted molar refractivity (Wildman–Crippen MR) is 77.7 cm³/mol. The average Bonchev–Trinajstić information content (AvgIpc) is 2.87. The fourth-order valence-electron chi connectivity index (χ4n) is 2.11. The second-order valence-electron chi connectivity index (χ2n) is 4.62. The Labute approximate surface area is 121 Å². The number of ether oxygens (including phenoxy) is 2. The molecule has 0 fully saturated rings. The van der Waals surface area contributed by atoms with Crippen LogP contribution in [0.5, 0.6) is 17.2 Å². The molecule has 1 heterocycles. The van der Waals surface area contributed by atoms with Crippen molar-refractivity contribution in [3.05, 3.63) is 46.5 Å². The van der Waals surface area contributed by atoms with Crippen molar-refractivity contribution < 1.29 is 14.6 Å². The van der Waals surface area contributed by atoms with E-state index in [1.165, 1.54) is 0 Å². The van der Waals surface area contributed by atoms with Crippen molar-refractivity contribution in [3.8, 4) is 17.2 Å². The summed E-state index contributed by atoms with van der Waals surface area (Å²) in [5.41, 5.74) is 2.41. The Bertz CT molecular complexity index is 658. The lowest BCUT2D eigenvalue weighted by Crippen LogP contribution is -2.01. The lowest BCUT2D eigenvalue weighted by atomic mass is 10.1. The summed E-state index contributed by atoms with van der Waals surface area (Å²) in [5, 5.41) is 13.7. The second kappa shape index (κ2) is 5.13. The quantitative estimate of drug-likeness (QED) is 0.905. The third kappa shape index (κ3) is 2.34. The number of hydrogen-bond donors (Lipinski definition) is 2. The van der Waals surface area contributed by atoms with E-state index in [0.29, 0.717) is 28.8 Å². The summed E-state index contributed by atoms with van der Waals surface area (Å²) in [5.74, 6) is 1.63. The molecule has 20 heavy (non-hydrogen) atoms. The van der Waals surface area contributed by atoms with Crippen molar-refractivity contribution in [1.82, 2.24) is 0 Å². The minimum Gasteiger partial charge on any atom is -0.507 e. The summed E-state index contributed by atoms with van der Waals surface area (Å²) in [6.45, 7) is 2.56. The van der Waals surface area contributed by atoms with Crippen LogP contribution < -0.4 is 14.8 Å². The molecule has 0 saturated heterocycles. The van der Waals surface area contributed by atoms with Crippen LogP contribution in [0.3, 0.4) is 0 Å². The summed E-state index contributed by atoms with van der Waals surface area (Å²) in [6.07, 6.45) is 0. The number of hydrogen-bond acceptors (Lipinski definition) is 4. The van der Waals surface area contributed by atoms with Gasteiger partial charge in [0.2, 0.25) is 6.79 Å². The molecule has 0 unspecified atom stereocenters. The maximum atomic E-state index is 9.98. The average molecular weight is 292 g/mol. The van der Waals surface area contributed by atoms with E-state index >= 15 is 0 Å². The molecule has 1 aliphatic heterocycles. The lowest BCUT2D eigenvalue weighted by Gasteiger charge is -2.11. The Morgan fingerprint density at radius 1 is 1.25 bits per heavy atom. The molecule has 0 bridgehead atoms. The maximum Gasteiger partial charge on any atom is 0.231 e. The number of aryl methyl sites for hydroxylation is 1. The van der Waals surface area contributed by atoms with Gasteiger partial charge in [-0.25, -0.2) is 0 Å². The predicted octanol–water partition coefficient (Wildman–Crippen LogP) is 3.69. The van der Waals surface area contributed by atoms with E-state index in [0.717, 1.165) is 16.8 Å². The number of nitrogens with one attached hydrogen (secondary N) is 1. The van der Waals surface area contributed by atoms with Gasteiger partial charge >= 0.3 is 0 Å². The topological polar surface area (TPSA) is 50.7 Å². The second-order valence-corrected chi connectivity index (χ2v) is 5.03. The van der Waals surface area contributed by atoms with E-state index in [1.54, 1.807) is 12.1 Å². The SMILES string of the molecule is Cc1cccc(CNc2cc3c(cc2Cl)OCO3)c1O. The molecular weight excluding hydrogens is 278 g/mol. The number of anilines is 1. The molecule has 0 spiro atoms. The van der Waals surface area contributed by atoms with E-state index in [-0.39, 0.29) is 6.79 Å². The first-order valence-electron chi connectivity index (χ1n) is 6.25. The van der Waals surface area contributed by atoms with Gasteiger partial charge in [0.25, 0.3) is 0 Å². The molecule has 0 aromatic heterocycles. The Morgan fingerprint density at radius 3 is 2.80 bits per heavy atom. The van der Waals surface area contributed by atoms with Crippen molar-refractivity contribution >= 4 is 17.3 Å². The van der Waals surface area contributed by atoms with Crippen molar-refractivity contribution in [3.63, 3.8) is 0 Å². The highest BCUT2D eigenvalue weighted by atomic mass is 35.5. The van der Waals surface area contributed by atoms with Crippen molar-refractivity contribution in [2.24, 2.45) is 0 Å². The van der Waals surface area contributed by atoms with Gasteiger partial charge in [-0.2, -0.15) is 0 Å². The van der Waals surface area contributed by atoms with Gasteiger partial charge in [-0.1, -0.05) is 29.8 Å². The molecule has 0 aliphatic carbocycles. The molecule has 2 aromatic rings. The molecule has 0 saturated carbocycles. The highest BCUT2D eigenvalue weighted by Crippen LogP contribution is 2.39. The first-order valence-corrected chi connectivity index (χ1v) is 6.63. The van der Waals surface area contributed by atoms with Gasteiger partial charge in [0.05, 0.1) is 10.7 Å². The van der Waals surface area contributed by atoms with Crippen molar-refractivity contribution in [2.75, 3.05) is 12.1 Å². The van der Waals surface area contributed by atoms with Crippen LogP contribution in [0.1, 0.15) is 11.1 Å². The minimum atomic E-state index is 0.216. The van der Waals surface area contributed by atoms with Crippen LogP contribution in [0.25, 0.3) is 0 Å². The molecule has 0 amide bonds. The molecule has 0 radical (unpaired) electrons. The van der Waals surface area contributed by atoms with E-state index in [1.807, 2.05) is 25.1 Å². The summed E-state index contributed by atoms with van der Waals surface area (Å²) in [6, 6.07) is 9.18. The van der Waals surface area contributed by atoms with Crippen LogP contribution >= 0.6 is 11.6 Å². The number of phenolic OH excluding ortho intramolecular Hbond substituents is 1. The number of phenols is 1. The van der Waals surface area contributed by atoms with Gasteiger partial charge in [0.15, 0.2) is 11.5 Å². The Hall–Kier alpha value is -2.07. The Kier molecular flexibility index (Phi) is 3.32. The number of rotatable bonds is 3. The zero-order valence-corrected chi connectivity index (χ0v) is 11.7. The fraction of sp³-hybridized carbons (Fsp3) is 0.200. The lowest BCUT2D eigenvalue weighted by molar-refractivity contribution is 0.174. The van der Waals surface area contributed by atoms with Crippen molar-refractivity contribution in [1.29, 1.82) is 0 Å². The third-order valence-corrected chi connectivity index (χ3v) is 3.57. The van der Waals surface area contributed by atoms with Gasteiger partial charge in [0, 0.05) is 24.2 Å². The number of fused-ring (bicyclic) bond motifs is 1. The number of aromatic hydroxyl groups is 1. The molecule has 2 aromatic carbocycles. The first kappa shape index (κ1) is 12.9. The van der Waals surface area contributed by atoms with E-state index in [9.17, 15) is 5.11 Å². The van der Waals surface area contributed by atoms with E-state index in [2.05, 4.69) is 5.32 Å². The number of para-hydroxylation sites is 1. The van der Waals surface area contributed by atoms with Gasteiger partial charge in [-0.3, -0.25) is 0 Å². The Balaban J connectivity index is 1.80. The van der Waals surface area contributed by atoms with E-state index in [4.69, 9.17) is 21.1 Å². The van der Waals surface area contributed by atoms with Crippen LogP contribution in [0.2, 0.25) is 5.02 Å². The van der Waals surface area contributed by atoms with Gasteiger partial charge in [0.1, 0.15) is 5.75 Å². The van der Waals surface area contributed by atoms with Gasteiger partial charge in [-0.05, 0) is 12.5 Å². The monoisotopic (exact) mass is 291 g/mol. The van der Waals surface area contributed by atoms with Crippen molar-refractivity contribution in [2.45, 2.75) is 13.5 Å². The summed E-state index contributed by atoms with van der Waals surface area (Å²) < 4.78 is 10.6. The highest BCUT2D eigenvalue weighted by Gasteiger charge is 2.16. The van der Waals surface area contributed by atoms with Crippen LogP contribution in [-0.2, 0) is 6.54 Å². The van der Waals surface area contributed by atoms with Crippen LogP contribution in [0.4, 0.5) is 5.69 Å². The van der Waals surface area contributed by atoms with Gasteiger partial charge < -0.3 is 19.9 Å². The molecule has 3 rings (SSSR count). The van der Waals surface area contributed by atoms with Crippen LogP contribution in [0.15, 0.2) is 30.3 Å². The van der Waals surface area contributed by atoms with Gasteiger partial charge in [-0.15, -0.1) is 0 Å². The summed E-state index contributed by atoms with van der Waals surface area (Å²) in [7, 11) is 0. The zero-order valence-electron chi connectivity index (χ0n) is 10.9. The summed E-state index contributed by atoms with van der Waals surface area (Å²) in [4.78, 5) is 0. The summed E-state index contributed by atoms with van der Waals surface area (Å²) >= 11 is 6.18. The van der Waals surface area contributed by atoms with Crippen LogP contribution in [-0.4, -0.2) is 11.9 Å². The number of halogens is 1. The molecule has 104 valence electrons.